The fraction of sp³-hybridized carbons (Fsp3) is 0.185. The van der Waals surface area contributed by atoms with Gasteiger partial charge in [-0.2, -0.15) is 5.26 Å². The Bertz CT molecular complexity index is 1590. The van der Waals surface area contributed by atoms with E-state index >= 15 is 0 Å². The third kappa shape index (κ3) is 4.44. The standard InChI is InChI=1S/C27H24N10/c28-16-20-15-24(33-18-32-20)36-13-11-35(12-14-36)17-19-5-7-21(8-6-19)37-26(22-3-1-9-30-25(22)29)34-23-4-2-10-31-27(23)37/h1-10,15,18H,11-14,17H2,(H2,29,30). The van der Waals surface area contributed by atoms with E-state index in [2.05, 4.69) is 60.1 Å². The maximum Gasteiger partial charge on any atom is 0.164 e. The van der Waals surface area contributed by atoms with Crippen LogP contribution in [0.4, 0.5) is 11.6 Å². The molecule has 5 aromatic rings. The van der Waals surface area contributed by atoms with Crippen molar-refractivity contribution in [1.82, 2.24) is 34.4 Å². The van der Waals surface area contributed by atoms with E-state index in [4.69, 9.17) is 16.0 Å². The molecule has 182 valence electrons. The van der Waals surface area contributed by atoms with Crippen LogP contribution in [0.2, 0.25) is 0 Å². The van der Waals surface area contributed by atoms with E-state index in [-0.39, 0.29) is 0 Å². The van der Waals surface area contributed by atoms with Crippen molar-refractivity contribution in [3.05, 3.63) is 84.6 Å². The van der Waals surface area contributed by atoms with Gasteiger partial charge in [0.1, 0.15) is 35.2 Å². The lowest BCUT2D eigenvalue weighted by Crippen LogP contribution is -2.46. The highest BCUT2D eigenvalue weighted by molar-refractivity contribution is 5.82. The molecule has 1 fully saturated rings. The quantitative estimate of drug-likeness (QED) is 0.397. The fourth-order valence-corrected chi connectivity index (χ4v) is 4.67. The minimum absolute atomic E-state index is 0.391. The van der Waals surface area contributed by atoms with E-state index in [0.29, 0.717) is 17.3 Å². The largest absolute Gasteiger partial charge is 0.383 e. The van der Waals surface area contributed by atoms with E-state index in [9.17, 15) is 0 Å². The van der Waals surface area contributed by atoms with Crippen LogP contribution in [0.15, 0.2) is 73.3 Å². The summed E-state index contributed by atoms with van der Waals surface area (Å²) in [5, 5.41) is 9.10. The first-order valence-electron chi connectivity index (χ1n) is 12.0. The van der Waals surface area contributed by atoms with Gasteiger partial charge in [0, 0.05) is 56.9 Å². The van der Waals surface area contributed by atoms with E-state index < -0.39 is 0 Å². The first-order valence-corrected chi connectivity index (χ1v) is 12.0. The number of imidazole rings is 1. The molecule has 0 unspecified atom stereocenters. The van der Waals surface area contributed by atoms with Crippen LogP contribution in [0, 0.1) is 11.3 Å². The highest BCUT2D eigenvalue weighted by atomic mass is 15.3. The lowest BCUT2D eigenvalue weighted by atomic mass is 10.1. The molecule has 10 nitrogen and oxygen atoms in total. The molecule has 0 spiro atoms. The lowest BCUT2D eigenvalue weighted by Gasteiger charge is -2.35. The Hall–Kier alpha value is -4.88. The van der Waals surface area contributed by atoms with Gasteiger partial charge in [0.05, 0.1) is 5.56 Å². The molecule has 2 N–H and O–H groups in total. The Morgan fingerprint density at radius 3 is 2.46 bits per heavy atom. The molecule has 4 aromatic heterocycles. The number of fused-ring (bicyclic) bond motifs is 1. The second kappa shape index (κ2) is 9.64. The Morgan fingerprint density at radius 2 is 1.68 bits per heavy atom. The topological polar surface area (TPSA) is 126 Å². The smallest absolute Gasteiger partial charge is 0.164 e. The van der Waals surface area contributed by atoms with Crippen LogP contribution in [-0.2, 0) is 6.54 Å². The number of piperazine rings is 1. The summed E-state index contributed by atoms with van der Waals surface area (Å²) in [5.74, 6) is 1.95. The van der Waals surface area contributed by atoms with E-state index in [1.807, 2.05) is 28.8 Å². The fourth-order valence-electron chi connectivity index (χ4n) is 4.67. The van der Waals surface area contributed by atoms with Crippen molar-refractivity contribution in [2.24, 2.45) is 0 Å². The van der Waals surface area contributed by atoms with Gasteiger partial charge < -0.3 is 10.6 Å². The van der Waals surface area contributed by atoms with Crippen molar-refractivity contribution in [3.63, 3.8) is 0 Å². The summed E-state index contributed by atoms with van der Waals surface area (Å²) in [7, 11) is 0. The van der Waals surface area contributed by atoms with Gasteiger partial charge in [0.2, 0.25) is 0 Å². The second-order valence-corrected chi connectivity index (χ2v) is 8.86. The molecule has 1 saturated heterocycles. The number of nitrogens with zero attached hydrogens (tertiary/aromatic N) is 9. The third-order valence-electron chi connectivity index (χ3n) is 6.56. The van der Waals surface area contributed by atoms with Crippen molar-refractivity contribution in [2.75, 3.05) is 36.8 Å². The van der Waals surface area contributed by atoms with Crippen molar-refractivity contribution >= 4 is 22.8 Å². The number of benzene rings is 1. The van der Waals surface area contributed by atoms with Crippen LogP contribution in [-0.4, -0.2) is 60.6 Å². The summed E-state index contributed by atoms with van der Waals surface area (Å²) >= 11 is 0. The molecule has 10 heteroatoms. The summed E-state index contributed by atoms with van der Waals surface area (Å²) in [5.41, 5.74) is 11.1. The molecule has 0 radical (unpaired) electrons. The number of nitrogen functional groups attached to an aromatic ring is 1. The van der Waals surface area contributed by atoms with Gasteiger partial charge in [-0.15, -0.1) is 0 Å². The molecule has 1 aliphatic rings. The molecule has 0 amide bonds. The normalized spacial score (nSPS) is 14.1. The van der Waals surface area contributed by atoms with Crippen molar-refractivity contribution in [2.45, 2.75) is 6.54 Å². The number of rotatable bonds is 5. The summed E-state index contributed by atoms with van der Waals surface area (Å²) in [6.45, 7) is 4.38. The summed E-state index contributed by atoms with van der Waals surface area (Å²) in [6.07, 6.45) is 4.90. The predicted octanol–water partition coefficient (Wildman–Crippen LogP) is 3.05. The number of anilines is 2. The molecule has 1 aliphatic heterocycles. The maximum atomic E-state index is 9.10. The van der Waals surface area contributed by atoms with Gasteiger partial charge in [-0.05, 0) is 42.0 Å². The Morgan fingerprint density at radius 1 is 0.892 bits per heavy atom. The zero-order valence-electron chi connectivity index (χ0n) is 20.1. The van der Waals surface area contributed by atoms with Gasteiger partial charge in [0.25, 0.3) is 0 Å². The molecule has 5 heterocycles. The molecule has 6 rings (SSSR count). The average molecular weight is 489 g/mol. The Kier molecular flexibility index (Phi) is 5.88. The molecule has 37 heavy (non-hydrogen) atoms. The van der Waals surface area contributed by atoms with Crippen molar-refractivity contribution in [3.8, 4) is 23.1 Å². The van der Waals surface area contributed by atoms with Crippen molar-refractivity contribution < 1.29 is 0 Å². The number of pyridine rings is 2. The molecule has 0 bridgehead atoms. The maximum absolute atomic E-state index is 9.10. The number of hydrogen-bond donors (Lipinski definition) is 1. The average Bonchev–Trinajstić information content (AvgIpc) is 3.33. The highest BCUT2D eigenvalue weighted by Gasteiger charge is 2.20. The summed E-state index contributed by atoms with van der Waals surface area (Å²) in [4.78, 5) is 26.6. The van der Waals surface area contributed by atoms with Gasteiger partial charge in [-0.1, -0.05) is 12.1 Å². The monoisotopic (exact) mass is 488 g/mol. The number of hydrogen-bond acceptors (Lipinski definition) is 9. The van der Waals surface area contributed by atoms with Crippen LogP contribution < -0.4 is 10.6 Å². The second-order valence-electron chi connectivity index (χ2n) is 8.86. The highest BCUT2D eigenvalue weighted by Crippen LogP contribution is 2.30. The number of aromatic nitrogens is 6. The summed E-state index contributed by atoms with van der Waals surface area (Å²) in [6, 6.07) is 19.9. The molecular weight excluding hydrogens is 464 g/mol. The molecular formula is C27H24N10. The minimum Gasteiger partial charge on any atom is -0.383 e. The molecule has 0 saturated carbocycles. The number of nitrogens with two attached hydrogens (primary N) is 1. The minimum atomic E-state index is 0.391. The van der Waals surface area contributed by atoms with Crippen molar-refractivity contribution in [1.29, 1.82) is 5.26 Å². The van der Waals surface area contributed by atoms with Gasteiger partial charge in [-0.3, -0.25) is 9.47 Å². The van der Waals surface area contributed by atoms with Crippen LogP contribution >= 0.6 is 0 Å². The van der Waals surface area contributed by atoms with E-state index in [0.717, 1.165) is 61.0 Å². The summed E-state index contributed by atoms with van der Waals surface area (Å²) < 4.78 is 2.03. The van der Waals surface area contributed by atoms with E-state index in [1.54, 1.807) is 18.5 Å². The van der Waals surface area contributed by atoms with Crippen LogP contribution in [0.3, 0.4) is 0 Å². The first kappa shape index (κ1) is 22.6. The molecule has 0 atom stereocenters. The van der Waals surface area contributed by atoms with Crippen LogP contribution in [0.1, 0.15) is 11.3 Å². The van der Waals surface area contributed by atoms with Gasteiger partial charge >= 0.3 is 0 Å². The SMILES string of the molecule is N#Cc1cc(N2CCN(Cc3ccc(-n4c(-c5cccnc5N)nc5cccnc54)cc3)CC2)ncn1. The lowest BCUT2D eigenvalue weighted by molar-refractivity contribution is 0.249. The van der Waals surface area contributed by atoms with Gasteiger partial charge in [0.15, 0.2) is 11.5 Å². The third-order valence-corrected chi connectivity index (χ3v) is 6.56. The Balaban J connectivity index is 1.21. The predicted molar refractivity (Wildman–Crippen MR) is 141 cm³/mol. The molecule has 0 aliphatic carbocycles. The zero-order valence-corrected chi connectivity index (χ0v) is 20.1. The Labute approximate surface area is 213 Å². The van der Waals surface area contributed by atoms with E-state index in [1.165, 1.54) is 11.9 Å². The van der Waals surface area contributed by atoms with Gasteiger partial charge in [-0.25, -0.2) is 24.9 Å². The van der Waals surface area contributed by atoms with Crippen LogP contribution in [0.25, 0.3) is 28.2 Å². The zero-order chi connectivity index (χ0) is 25.2. The number of nitriles is 1. The molecule has 1 aromatic carbocycles. The van der Waals surface area contributed by atoms with Crippen LogP contribution in [0.5, 0.6) is 0 Å². The first-order chi connectivity index (χ1) is 18.2.